The van der Waals surface area contributed by atoms with E-state index in [0.29, 0.717) is 18.2 Å². The molecule has 1 fully saturated rings. The summed E-state index contributed by atoms with van der Waals surface area (Å²) in [4.78, 5) is 2.21. The SMILES string of the molecule is CNCCC1CCCCN1Cc1ccccc1C(F)(F)F. The summed E-state index contributed by atoms with van der Waals surface area (Å²) in [5.74, 6) is 0. The van der Waals surface area contributed by atoms with E-state index in [1.165, 1.54) is 18.6 Å². The van der Waals surface area contributed by atoms with Gasteiger partial charge in [0.2, 0.25) is 0 Å². The van der Waals surface area contributed by atoms with Gasteiger partial charge in [0.05, 0.1) is 5.56 Å². The third-order valence-corrected chi connectivity index (χ3v) is 4.17. The Kier molecular flexibility index (Phi) is 5.65. The van der Waals surface area contributed by atoms with Gasteiger partial charge in [-0.25, -0.2) is 0 Å². The Morgan fingerprint density at radius 3 is 2.71 bits per heavy atom. The predicted octanol–water partition coefficient (Wildman–Crippen LogP) is 3.67. The molecule has 0 spiro atoms. The van der Waals surface area contributed by atoms with Gasteiger partial charge in [-0.3, -0.25) is 4.90 Å². The summed E-state index contributed by atoms with van der Waals surface area (Å²) in [6, 6.07) is 6.32. The van der Waals surface area contributed by atoms with E-state index in [4.69, 9.17) is 0 Å². The van der Waals surface area contributed by atoms with Crippen molar-refractivity contribution in [2.75, 3.05) is 20.1 Å². The largest absolute Gasteiger partial charge is 0.416 e. The molecule has 1 aromatic carbocycles. The molecule has 0 bridgehead atoms. The first-order valence-corrected chi connectivity index (χ1v) is 7.56. The zero-order valence-corrected chi connectivity index (χ0v) is 12.4. The van der Waals surface area contributed by atoms with Crippen molar-refractivity contribution in [2.45, 2.75) is 44.4 Å². The van der Waals surface area contributed by atoms with E-state index >= 15 is 0 Å². The number of piperidine rings is 1. The molecule has 1 saturated heterocycles. The molecule has 0 radical (unpaired) electrons. The van der Waals surface area contributed by atoms with Crippen LogP contribution in [-0.4, -0.2) is 31.1 Å². The van der Waals surface area contributed by atoms with Gasteiger partial charge in [0.1, 0.15) is 0 Å². The highest BCUT2D eigenvalue weighted by atomic mass is 19.4. The maximum absolute atomic E-state index is 13.1. The number of alkyl halides is 3. The summed E-state index contributed by atoms with van der Waals surface area (Å²) in [7, 11) is 1.91. The second-order valence-electron chi connectivity index (χ2n) is 5.67. The molecule has 0 aliphatic carbocycles. The Morgan fingerprint density at radius 1 is 1.24 bits per heavy atom. The molecule has 1 heterocycles. The van der Waals surface area contributed by atoms with Gasteiger partial charge < -0.3 is 5.32 Å². The molecule has 0 saturated carbocycles. The second kappa shape index (κ2) is 7.27. The molecular weight excluding hydrogens is 277 g/mol. The summed E-state index contributed by atoms with van der Waals surface area (Å²) in [6.07, 6.45) is 0.0451. The normalized spacial score (nSPS) is 20.7. The number of rotatable bonds is 5. The molecule has 1 N–H and O–H groups in total. The lowest BCUT2D eigenvalue weighted by Gasteiger charge is -2.36. The number of hydrogen-bond donors (Lipinski definition) is 1. The Balaban J connectivity index is 2.12. The van der Waals surface area contributed by atoms with Gasteiger partial charge in [-0.15, -0.1) is 0 Å². The van der Waals surface area contributed by atoms with Crippen molar-refractivity contribution in [3.8, 4) is 0 Å². The molecular formula is C16H23F3N2. The van der Waals surface area contributed by atoms with Gasteiger partial charge in [0.15, 0.2) is 0 Å². The van der Waals surface area contributed by atoms with Crippen LogP contribution in [0.3, 0.4) is 0 Å². The van der Waals surface area contributed by atoms with Gasteiger partial charge in [-0.05, 0) is 51.0 Å². The Bertz CT molecular complexity index is 445. The summed E-state index contributed by atoms with van der Waals surface area (Å²) >= 11 is 0. The molecule has 1 unspecified atom stereocenters. The third kappa shape index (κ3) is 4.45. The fraction of sp³-hybridized carbons (Fsp3) is 0.625. The summed E-state index contributed by atoms with van der Waals surface area (Å²) in [5.41, 5.74) is -0.107. The average Bonchev–Trinajstić information content (AvgIpc) is 2.46. The number of likely N-dealkylation sites (tertiary alicyclic amines) is 1. The molecule has 1 atom stereocenters. The van der Waals surface area contributed by atoms with Crippen molar-refractivity contribution in [1.82, 2.24) is 10.2 Å². The minimum absolute atomic E-state index is 0.382. The zero-order valence-electron chi connectivity index (χ0n) is 12.4. The first-order chi connectivity index (χ1) is 10.0. The fourth-order valence-electron chi connectivity index (χ4n) is 3.06. The van der Waals surface area contributed by atoms with Crippen LogP contribution in [0.25, 0.3) is 0 Å². The van der Waals surface area contributed by atoms with Crippen molar-refractivity contribution in [3.05, 3.63) is 35.4 Å². The van der Waals surface area contributed by atoms with Crippen molar-refractivity contribution in [1.29, 1.82) is 0 Å². The quantitative estimate of drug-likeness (QED) is 0.892. The second-order valence-corrected chi connectivity index (χ2v) is 5.67. The Labute approximate surface area is 124 Å². The molecule has 0 aromatic heterocycles. The van der Waals surface area contributed by atoms with Crippen LogP contribution in [0.4, 0.5) is 13.2 Å². The molecule has 5 heteroatoms. The smallest absolute Gasteiger partial charge is 0.320 e. The number of benzene rings is 1. The van der Waals surface area contributed by atoms with Crippen LogP contribution in [0.2, 0.25) is 0 Å². The van der Waals surface area contributed by atoms with Crippen molar-refractivity contribution >= 4 is 0 Å². The highest BCUT2D eigenvalue weighted by Crippen LogP contribution is 2.33. The minimum Gasteiger partial charge on any atom is -0.320 e. The Hall–Kier alpha value is -1.07. The van der Waals surface area contributed by atoms with E-state index in [0.717, 1.165) is 32.4 Å². The lowest BCUT2D eigenvalue weighted by molar-refractivity contribution is -0.138. The minimum atomic E-state index is -4.27. The molecule has 118 valence electrons. The standard InChI is InChI=1S/C16H23F3N2/c1-20-10-9-14-7-4-5-11-21(14)12-13-6-2-3-8-15(13)16(17,18)19/h2-3,6,8,14,20H,4-5,7,9-12H2,1H3. The van der Waals surface area contributed by atoms with Crippen molar-refractivity contribution in [3.63, 3.8) is 0 Å². The molecule has 2 rings (SSSR count). The van der Waals surface area contributed by atoms with Crippen LogP contribution in [0.5, 0.6) is 0 Å². The van der Waals surface area contributed by atoms with Gasteiger partial charge >= 0.3 is 6.18 Å². The highest BCUT2D eigenvalue weighted by molar-refractivity contribution is 5.29. The molecule has 21 heavy (non-hydrogen) atoms. The molecule has 1 aliphatic rings. The number of hydrogen-bond acceptors (Lipinski definition) is 2. The maximum Gasteiger partial charge on any atom is 0.416 e. The third-order valence-electron chi connectivity index (χ3n) is 4.17. The fourth-order valence-corrected chi connectivity index (χ4v) is 3.06. The van der Waals surface area contributed by atoms with Crippen LogP contribution in [0.1, 0.15) is 36.8 Å². The zero-order chi connectivity index (χ0) is 15.3. The first-order valence-electron chi connectivity index (χ1n) is 7.56. The van der Waals surface area contributed by atoms with Crippen LogP contribution >= 0.6 is 0 Å². The monoisotopic (exact) mass is 300 g/mol. The topological polar surface area (TPSA) is 15.3 Å². The van der Waals surface area contributed by atoms with Gasteiger partial charge in [0.25, 0.3) is 0 Å². The summed E-state index contributed by atoms with van der Waals surface area (Å²) in [5, 5.41) is 3.13. The molecule has 1 aliphatic heterocycles. The molecule has 1 aromatic rings. The van der Waals surface area contributed by atoms with Gasteiger partial charge in [-0.1, -0.05) is 24.6 Å². The van der Waals surface area contributed by atoms with E-state index in [9.17, 15) is 13.2 Å². The lowest BCUT2D eigenvalue weighted by Crippen LogP contribution is -2.40. The number of halogens is 3. The predicted molar refractivity (Wildman–Crippen MR) is 78.0 cm³/mol. The average molecular weight is 300 g/mol. The number of nitrogens with zero attached hydrogens (tertiary/aromatic N) is 1. The van der Waals surface area contributed by atoms with Crippen molar-refractivity contribution in [2.24, 2.45) is 0 Å². The first kappa shape index (κ1) is 16.3. The van der Waals surface area contributed by atoms with Crippen LogP contribution < -0.4 is 5.32 Å². The van der Waals surface area contributed by atoms with Crippen LogP contribution in [0.15, 0.2) is 24.3 Å². The van der Waals surface area contributed by atoms with Gasteiger partial charge in [-0.2, -0.15) is 13.2 Å². The van der Waals surface area contributed by atoms with Crippen molar-refractivity contribution < 1.29 is 13.2 Å². The number of nitrogens with one attached hydrogen (secondary N) is 1. The van der Waals surface area contributed by atoms with E-state index < -0.39 is 11.7 Å². The highest BCUT2D eigenvalue weighted by Gasteiger charge is 2.34. The summed E-state index contributed by atoms with van der Waals surface area (Å²) < 4.78 is 39.2. The van der Waals surface area contributed by atoms with Crippen LogP contribution in [0, 0.1) is 0 Å². The Morgan fingerprint density at radius 2 is 2.00 bits per heavy atom. The molecule has 2 nitrogen and oxygen atoms in total. The lowest BCUT2D eigenvalue weighted by atomic mass is 9.97. The van der Waals surface area contributed by atoms with E-state index in [1.54, 1.807) is 12.1 Å². The maximum atomic E-state index is 13.1. The van der Waals surface area contributed by atoms with E-state index in [-0.39, 0.29) is 0 Å². The van der Waals surface area contributed by atoms with Gasteiger partial charge in [0, 0.05) is 12.6 Å². The van der Waals surface area contributed by atoms with Crippen LogP contribution in [-0.2, 0) is 12.7 Å². The summed E-state index contributed by atoms with van der Waals surface area (Å²) in [6.45, 7) is 2.19. The molecule has 0 amide bonds. The van der Waals surface area contributed by atoms with E-state index in [2.05, 4.69) is 10.2 Å². The van der Waals surface area contributed by atoms with E-state index in [1.807, 2.05) is 7.05 Å².